The number of carbonyl (C=O) groups is 16. The lowest BCUT2D eigenvalue weighted by Gasteiger charge is -2.12. The highest BCUT2D eigenvalue weighted by Crippen LogP contribution is 2.34. The summed E-state index contributed by atoms with van der Waals surface area (Å²) in [7, 11) is 2.37. The number of benzene rings is 8. The van der Waals surface area contributed by atoms with Crippen LogP contribution in [0, 0.1) is 0 Å². The molecule has 0 atom stereocenters. The smallest absolute Gasteiger partial charge is 0.345 e. The molecule has 0 bridgehead atoms. The molecular formula is C100H104O36. The molecule has 0 saturated carbocycles. The fraction of sp³-hybridized carbons (Fsp3) is 0.200. The van der Waals surface area contributed by atoms with E-state index in [0.717, 1.165) is 6.07 Å². The van der Waals surface area contributed by atoms with Gasteiger partial charge >= 0.3 is 71.6 Å². The standard InChI is InChI=1S/2C14H16O5.2C12H12O5.4C12H12O4/c1-8(2)13(16)19-10-5-6-12(15)11(7-10)14(17)18-9(3)4;1-8(2)13(16)19-12-6-5-10(15)7-11(12)14(17)18-9(3)4;1-7(2)11(14)17-8-4-5-9(10(13)6-8)12(15)16-3;1-7(2)11(14)17-9-6-4-5-8(13)10(9)12(15)16-3;1-7(2)12(15)16-11-5-9(8(3)13)4-10(14)6-11;1-7(2)12(15)16-9-4-5-10(8(3)13)11(14)6-9;1-7(2)12(15)16-11-6-9(14)4-5-10(11)8(3)13;1-7(2)12(15)16-10-6-4-5-9(14)11(10)8(3)13/h2*5-7,9,15H,1H2,2-4H3;2*4-6,13H,1H2,2-3H3;4*4-6,14H,1H2,2-3H3. The van der Waals surface area contributed by atoms with Gasteiger partial charge in [0.25, 0.3) is 0 Å². The minimum atomic E-state index is -0.785. The molecule has 8 aromatic rings. The summed E-state index contributed by atoms with van der Waals surface area (Å²) in [6, 6.07) is 32.0. The minimum absolute atomic E-state index is 0.00243. The number of ketones is 4. The molecular weight excluding hydrogens is 1780 g/mol. The summed E-state index contributed by atoms with van der Waals surface area (Å²) in [5, 5.41) is 75.6. The second-order valence-corrected chi connectivity index (χ2v) is 28.9. The molecule has 720 valence electrons. The van der Waals surface area contributed by atoms with Crippen molar-refractivity contribution in [1.82, 2.24) is 0 Å². The maximum atomic E-state index is 11.8. The number of phenolic OH excluding ortho intramolecular Hbond substituents is 8. The topological polar surface area (TPSA) is 546 Å². The molecule has 8 rings (SSSR count). The zero-order chi connectivity index (χ0) is 104. The maximum absolute atomic E-state index is 11.8. The Morgan fingerprint density at radius 1 is 0.243 bits per heavy atom. The quantitative estimate of drug-likeness (QED) is 0.00820. The first-order valence-corrected chi connectivity index (χ1v) is 39.5. The number of methoxy groups -OCH3 is 2. The Morgan fingerprint density at radius 2 is 0.581 bits per heavy atom. The number of phenols is 8. The molecule has 0 aliphatic heterocycles. The van der Waals surface area contributed by atoms with Gasteiger partial charge in [0.1, 0.15) is 120 Å². The van der Waals surface area contributed by atoms with Gasteiger partial charge in [0.2, 0.25) is 0 Å². The number of hydrogen-bond acceptors (Lipinski definition) is 36. The molecule has 0 fully saturated rings. The highest BCUT2D eigenvalue weighted by atomic mass is 16.6. The van der Waals surface area contributed by atoms with Crippen LogP contribution in [-0.4, -0.2) is 162 Å². The van der Waals surface area contributed by atoms with Crippen molar-refractivity contribution in [3.05, 3.63) is 287 Å². The van der Waals surface area contributed by atoms with Crippen LogP contribution >= 0.6 is 0 Å². The van der Waals surface area contributed by atoms with E-state index in [0.29, 0.717) is 0 Å². The van der Waals surface area contributed by atoms with Crippen molar-refractivity contribution < 1.29 is 174 Å². The summed E-state index contributed by atoms with van der Waals surface area (Å²) < 4.78 is 58.3. The van der Waals surface area contributed by atoms with E-state index in [2.05, 4.69) is 62.1 Å². The lowest BCUT2D eigenvalue weighted by molar-refractivity contribution is -0.131. The van der Waals surface area contributed by atoms with Gasteiger partial charge in [0, 0.05) is 74.4 Å². The SMILES string of the molecule is C=C(C)C(=O)Oc1cc(O)cc(C(C)=O)c1.C=C(C)C(=O)Oc1cc(O)ccc1C(C)=O.C=C(C)C(=O)Oc1ccc(C(=O)OC)c(O)c1.C=C(C)C(=O)Oc1ccc(C(C)=O)c(O)c1.C=C(C)C(=O)Oc1ccc(O)c(C(=O)OC(C)C)c1.C=C(C)C(=O)Oc1ccc(O)cc1C(=O)OC(C)C.C=C(C)C(=O)Oc1cccc(O)c1C(=O)OC.C=C(C)C(=O)Oc1cccc(O)c1C(C)=O. The van der Waals surface area contributed by atoms with Crippen LogP contribution in [0.25, 0.3) is 0 Å². The molecule has 0 spiro atoms. The second kappa shape index (κ2) is 56.1. The Labute approximate surface area is 782 Å². The first kappa shape index (κ1) is 116. The maximum Gasteiger partial charge on any atom is 0.345 e. The van der Waals surface area contributed by atoms with Gasteiger partial charge in [-0.2, -0.15) is 0 Å². The van der Waals surface area contributed by atoms with E-state index in [1.807, 2.05) is 0 Å². The van der Waals surface area contributed by atoms with Crippen LogP contribution in [0.5, 0.6) is 92.0 Å². The van der Waals surface area contributed by atoms with Crippen LogP contribution < -0.4 is 37.9 Å². The number of Topliss-reactive ketones (excluding diaryl/α,β-unsaturated/α-hetero) is 4. The third kappa shape index (κ3) is 40.6. The molecule has 8 aromatic carbocycles. The number of esters is 12. The van der Waals surface area contributed by atoms with E-state index < -0.39 is 71.6 Å². The fourth-order valence-corrected chi connectivity index (χ4v) is 8.92. The highest BCUT2D eigenvalue weighted by molar-refractivity contribution is 6.03. The van der Waals surface area contributed by atoms with Gasteiger partial charge in [-0.3, -0.25) is 19.2 Å². The van der Waals surface area contributed by atoms with E-state index in [1.165, 1.54) is 237 Å². The zero-order valence-electron chi connectivity index (χ0n) is 77.7. The third-order valence-electron chi connectivity index (χ3n) is 15.6. The summed E-state index contributed by atoms with van der Waals surface area (Å²) in [5.41, 5.74) is 2.26. The van der Waals surface area contributed by atoms with Crippen molar-refractivity contribution >= 4 is 94.8 Å². The lowest BCUT2D eigenvalue weighted by Crippen LogP contribution is -2.15. The van der Waals surface area contributed by atoms with Gasteiger partial charge in [-0.15, -0.1) is 0 Å². The summed E-state index contributed by atoms with van der Waals surface area (Å²) in [6.07, 6.45) is -0.631. The average molecular weight is 1880 g/mol. The van der Waals surface area contributed by atoms with Gasteiger partial charge < -0.3 is 97.7 Å². The van der Waals surface area contributed by atoms with E-state index >= 15 is 0 Å². The van der Waals surface area contributed by atoms with Crippen molar-refractivity contribution in [2.75, 3.05) is 14.2 Å². The number of aromatic hydroxyl groups is 8. The molecule has 0 unspecified atom stereocenters. The van der Waals surface area contributed by atoms with Crippen LogP contribution in [0.15, 0.2) is 243 Å². The van der Waals surface area contributed by atoms with E-state index in [1.54, 1.807) is 27.7 Å². The molecule has 0 radical (unpaired) electrons. The predicted octanol–water partition coefficient (Wildman–Crippen LogP) is 16.5. The number of ether oxygens (including phenoxy) is 12. The van der Waals surface area contributed by atoms with Crippen molar-refractivity contribution in [2.45, 2.75) is 123 Å². The molecule has 136 heavy (non-hydrogen) atoms. The zero-order valence-corrected chi connectivity index (χ0v) is 77.7. The Morgan fingerprint density at radius 3 is 0.963 bits per heavy atom. The molecule has 0 amide bonds. The van der Waals surface area contributed by atoms with Crippen molar-refractivity contribution in [2.24, 2.45) is 0 Å². The molecule has 0 saturated heterocycles. The lowest BCUT2D eigenvalue weighted by atomic mass is 10.1. The molecule has 0 aliphatic carbocycles. The fourth-order valence-electron chi connectivity index (χ4n) is 8.92. The van der Waals surface area contributed by atoms with Crippen LogP contribution in [0.1, 0.15) is 194 Å². The van der Waals surface area contributed by atoms with Crippen LogP contribution in [-0.2, 0) is 57.3 Å². The summed E-state index contributed by atoms with van der Waals surface area (Å²) in [6.45, 7) is 51.6. The van der Waals surface area contributed by atoms with E-state index in [-0.39, 0.29) is 216 Å². The normalized spacial score (nSPS) is 9.74. The Kier molecular flexibility index (Phi) is 48.0. The van der Waals surface area contributed by atoms with Crippen LogP contribution in [0.2, 0.25) is 0 Å². The summed E-state index contributed by atoms with van der Waals surface area (Å²) >= 11 is 0. The minimum Gasteiger partial charge on any atom is -0.508 e. The van der Waals surface area contributed by atoms with Crippen molar-refractivity contribution in [3.63, 3.8) is 0 Å². The molecule has 0 aromatic heterocycles. The average Bonchev–Trinajstić information content (AvgIpc) is 0.830. The molecule has 0 heterocycles. The van der Waals surface area contributed by atoms with Gasteiger partial charge in [-0.05, 0) is 220 Å². The highest BCUT2D eigenvalue weighted by Gasteiger charge is 2.25. The van der Waals surface area contributed by atoms with Gasteiger partial charge in [-0.25, -0.2) is 57.5 Å². The van der Waals surface area contributed by atoms with Crippen LogP contribution in [0.4, 0.5) is 0 Å². The summed E-state index contributed by atoms with van der Waals surface area (Å²) in [5.74, 6) is -9.86. The Bertz CT molecular complexity index is 5960. The van der Waals surface area contributed by atoms with E-state index in [9.17, 15) is 118 Å². The molecule has 36 nitrogen and oxygen atoms in total. The predicted molar refractivity (Wildman–Crippen MR) is 492 cm³/mol. The first-order chi connectivity index (χ1) is 63.2. The largest absolute Gasteiger partial charge is 0.508 e. The summed E-state index contributed by atoms with van der Waals surface area (Å²) in [4.78, 5) is 181. The van der Waals surface area contributed by atoms with Crippen LogP contribution in [0.3, 0.4) is 0 Å². The number of hydrogen-bond donors (Lipinski definition) is 8. The number of rotatable bonds is 26. The molecule has 0 aliphatic rings. The third-order valence-corrected chi connectivity index (χ3v) is 15.6. The molecule has 36 heteroatoms. The van der Waals surface area contributed by atoms with Crippen molar-refractivity contribution in [3.8, 4) is 92.0 Å². The first-order valence-electron chi connectivity index (χ1n) is 39.5. The van der Waals surface area contributed by atoms with Crippen molar-refractivity contribution in [1.29, 1.82) is 0 Å². The van der Waals surface area contributed by atoms with Gasteiger partial charge in [0.05, 0.1) is 37.6 Å². The van der Waals surface area contributed by atoms with Gasteiger partial charge in [-0.1, -0.05) is 64.8 Å². The Hall–Kier alpha value is -17.6. The Balaban J connectivity index is 0.000000778. The van der Waals surface area contributed by atoms with Gasteiger partial charge in [0.15, 0.2) is 23.1 Å². The monoisotopic (exact) mass is 1880 g/mol. The number of carbonyl (C=O) groups excluding carboxylic acids is 16. The molecule has 8 N–H and O–H groups in total. The van der Waals surface area contributed by atoms with E-state index in [4.69, 9.17) is 47.4 Å². The second-order valence-electron chi connectivity index (χ2n) is 28.9.